The maximum atomic E-state index is 8.55. The predicted molar refractivity (Wildman–Crippen MR) is 53.1 cm³/mol. The zero-order valence-electron chi connectivity index (χ0n) is 7.98. The summed E-state index contributed by atoms with van der Waals surface area (Å²) < 4.78 is 4.57. The second-order valence-electron chi connectivity index (χ2n) is 3.36. The molecule has 1 atom stereocenters. The first-order valence-electron chi connectivity index (χ1n) is 5.06. The summed E-state index contributed by atoms with van der Waals surface area (Å²) in [6, 6.07) is 0. The van der Waals surface area contributed by atoms with E-state index in [1.54, 1.807) is 18.2 Å². The van der Waals surface area contributed by atoms with Gasteiger partial charge in [0.1, 0.15) is 0 Å². The molecule has 0 bridgehead atoms. The van der Waals surface area contributed by atoms with Crippen molar-refractivity contribution in [3.8, 4) is 0 Å². The Kier molecular flexibility index (Phi) is 5.34. The van der Waals surface area contributed by atoms with Gasteiger partial charge in [0.05, 0.1) is 6.26 Å². The van der Waals surface area contributed by atoms with Crippen molar-refractivity contribution in [2.24, 2.45) is 0 Å². The summed E-state index contributed by atoms with van der Waals surface area (Å²) in [6.45, 7) is 0. The number of hydrogen-bond acceptors (Lipinski definition) is 2. The van der Waals surface area contributed by atoms with Gasteiger partial charge in [-0.3, -0.25) is 0 Å². The lowest BCUT2D eigenvalue weighted by Gasteiger charge is -2.05. The van der Waals surface area contributed by atoms with E-state index in [1.165, 1.54) is 44.8 Å². The first-order chi connectivity index (χ1) is 6.39. The lowest BCUT2D eigenvalue weighted by atomic mass is 10.0. The van der Waals surface area contributed by atoms with Crippen LogP contribution in [-0.4, -0.2) is 11.4 Å². The van der Waals surface area contributed by atoms with Gasteiger partial charge in [0.2, 0.25) is 6.29 Å². The van der Waals surface area contributed by atoms with Crippen LogP contribution in [-0.2, 0) is 4.74 Å². The molecule has 2 aliphatic rings. The lowest BCUT2D eigenvalue weighted by Crippen LogP contribution is -2.04. The highest BCUT2D eigenvalue weighted by Gasteiger charge is 1.95. The van der Waals surface area contributed by atoms with Gasteiger partial charge in [-0.15, -0.1) is 0 Å². The summed E-state index contributed by atoms with van der Waals surface area (Å²) in [7, 11) is 0. The molecule has 0 spiro atoms. The average Bonchev–Trinajstić information content (AvgIpc) is 2.22. The minimum absolute atomic E-state index is 0.731. The summed E-state index contributed by atoms with van der Waals surface area (Å²) in [4.78, 5) is 0. The topological polar surface area (TPSA) is 29.5 Å². The fourth-order valence-corrected chi connectivity index (χ4v) is 1.44. The van der Waals surface area contributed by atoms with E-state index in [1.807, 2.05) is 0 Å². The third-order valence-electron chi connectivity index (χ3n) is 2.18. The van der Waals surface area contributed by atoms with Gasteiger partial charge >= 0.3 is 0 Å². The fraction of sp³-hybridized carbons (Fsp3) is 0.636. The molecule has 0 aromatic rings. The molecule has 1 N–H and O–H groups in total. The molecular weight excluding hydrogens is 164 g/mol. The van der Waals surface area contributed by atoms with Gasteiger partial charge in [-0.25, -0.2) is 0 Å². The lowest BCUT2D eigenvalue weighted by molar-refractivity contribution is -0.0132. The van der Waals surface area contributed by atoms with Crippen molar-refractivity contribution in [3.05, 3.63) is 24.5 Å². The molecule has 0 saturated heterocycles. The van der Waals surface area contributed by atoms with Crippen LogP contribution < -0.4 is 0 Å². The third-order valence-corrected chi connectivity index (χ3v) is 2.18. The molecule has 2 heteroatoms. The summed E-state index contributed by atoms with van der Waals surface area (Å²) in [5, 5.41) is 8.55. The SMILES string of the molecule is C1CCCCC1.OC1C=CC=CO1. The minimum Gasteiger partial charge on any atom is -0.469 e. The van der Waals surface area contributed by atoms with Gasteiger partial charge in [0.15, 0.2) is 0 Å². The second kappa shape index (κ2) is 6.72. The Morgan fingerprint density at radius 3 is 1.69 bits per heavy atom. The molecule has 13 heavy (non-hydrogen) atoms. The molecule has 2 nitrogen and oxygen atoms in total. The molecule has 1 aliphatic heterocycles. The van der Waals surface area contributed by atoms with Crippen LogP contribution in [0.2, 0.25) is 0 Å². The molecule has 74 valence electrons. The Labute approximate surface area is 79.9 Å². The van der Waals surface area contributed by atoms with Crippen LogP contribution in [0.5, 0.6) is 0 Å². The van der Waals surface area contributed by atoms with Crippen LogP contribution in [0.3, 0.4) is 0 Å². The molecule has 1 unspecified atom stereocenters. The molecular formula is C11H18O2. The zero-order valence-corrected chi connectivity index (χ0v) is 7.98. The maximum Gasteiger partial charge on any atom is 0.216 e. The normalized spacial score (nSPS) is 25.8. The van der Waals surface area contributed by atoms with Gasteiger partial charge in [0.25, 0.3) is 0 Å². The first kappa shape index (κ1) is 10.3. The summed E-state index contributed by atoms with van der Waals surface area (Å²) in [6.07, 6.45) is 14.7. The number of aliphatic hydroxyl groups excluding tert-OH is 1. The van der Waals surface area contributed by atoms with Crippen LogP contribution in [0.25, 0.3) is 0 Å². The third kappa shape index (κ3) is 5.47. The van der Waals surface area contributed by atoms with Crippen molar-refractivity contribution in [2.45, 2.75) is 44.8 Å². The Morgan fingerprint density at radius 2 is 1.46 bits per heavy atom. The van der Waals surface area contributed by atoms with Gasteiger partial charge in [-0.1, -0.05) is 44.6 Å². The van der Waals surface area contributed by atoms with Gasteiger partial charge in [-0.2, -0.15) is 0 Å². The van der Waals surface area contributed by atoms with E-state index in [0.717, 1.165) is 0 Å². The van der Waals surface area contributed by atoms with Crippen molar-refractivity contribution in [2.75, 3.05) is 0 Å². The molecule has 0 amide bonds. The molecule has 1 saturated carbocycles. The monoisotopic (exact) mass is 182 g/mol. The number of aliphatic hydroxyl groups is 1. The molecule has 1 heterocycles. The largest absolute Gasteiger partial charge is 0.469 e. The van der Waals surface area contributed by atoms with E-state index in [-0.39, 0.29) is 0 Å². The van der Waals surface area contributed by atoms with Crippen molar-refractivity contribution < 1.29 is 9.84 Å². The number of hydrogen-bond donors (Lipinski definition) is 1. The van der Waals surface area contributed by atoms with Crippen LogP contribution in [0.15, 0.2) is 24.5 Å². The van der Waals surface area contributed by atoms with E-state index in [4.69, 9.17) is 5.11 Å². The highest BCUT2D eigenvalue weighted by atomic mass is 16.6. The zero-order chi connectivity index (χ0) is 9.36. The molecule has 0 radical (unpaired) electrons. The van der Waals surface area contributed by atoms with E-state index >= 15 is 0 Å². The molecule has 0 aromatic carbocycles. The average molecular weight is 182 g/mol. The molecule has 1 fully saturated rings. The highest BCUT2D eigenvalue weighted by molar-refractivity contribution is 5.04. The second-order valence-corrected chi connectivity index (χ2v) is 3.36. The van der Waals surface area contributed by atoms with Gasteiger partial charge in [0, 0.05) is 0 Å². The summed E-state index contributed by atoms with van der Waals surface area (Å²) in [5.41, 5.74) is 0. The summed E-state index contributed by atoms with van der Waals surface area (Å²) in [5.74, 6) is 0. The minimum atomic E-state index is -0.731. The molecule has 0 aromatic heterocycles. The number of rotatable bonds is 0. The Morgan fingerprint density at radius 1 is 0.923 bits per heavy atom. The van der Waals surface area contributed by atoms with Crippen LogP contribution in [0.1, 0.15) is 38.5 Å². The smallest absolute Gasteiger partial charge is 0.216 e. The van der Waals surface area contributed by atoms with E-state index in [2.05, 4.69) is 4.74 Å². The molecule has 1 aliphatic carbocycles. The maximum absolute atomic E-state index is 8.55. The van der Waals surface area contributed by atoms with Crippen LogP contribution in [0, 0.1) is 0 Å². The van der Waals surface area contributed by atoms with Gasteiger partial charge < -0.3 is 9.84 Å². The Bertz CT molecular complexity index is 157. The number of ether oxygens (including phenoxy) is 1. The summed E-state index contributed by atoms with van der Waals surface area (Å²) >= 11 is 0. The van der Waals surface area contributed by atoms with E-state index in [9.17, 15) is 0 Å². The van der Waals surface area contributed by atoms with E-state index < -0.39 is 6.29 Å². The Hall–Kier alpha value is -0.760. The Balaban J connectivity index is 0.000000132. The quantitative estimate of drug-likeness (QED) is 0.624. The predicted octanol–water partition coefficient (Wildman–Crippen LogP) is 2.75. The highest BCUT2D eigenvalue weighted by Crippen LogP contribution is 2.15. The molecule has 2 rings (SSSR count). The fourth-order valence-electron chi connectivity index (χ4n) is 1.44. The van der Waals surface area contributed by atoms with Gasteiger partial charge in [-0.05, 0) is 12.2 Å². The standard InChI is InChI=1S/C6H12.C5H6O2/c1-2-4-6-5-3-1;6-5-3-1-2-4-7-5/h1-6H2;1-6H. The van der Waals surface area contributed by atoms with Crippen molar-refractivity contribution in [1.29, 1.82) is 0 Å². The van der Waals surface area contributed by atoms with Crippen molar-refractivity contribution in [1.82, 2.24) is 0 Å². The number of allylic oxidation sites excluding steroid dienone is 2. The van der Waals surface area contributed by atoms with Crippen LogP contribution in [0.4, 0.5) is 0 Å². The first-order valence-corrected chi connectivity index (χ1v) is 5.06. The van der Waals surface area contributed by atoms with Crippen molar-refractivity contribution in [3.63, 3.8) is 0 Å². The van der Waals surface area contributed by atoms with E-state index in [0.29, 0.717) is 0 Å². The van der Waals surface area contributed by atoms with Crippen LogP contribution >= 0.6 is 0 Å². The van der Waals surface area contributed by atoms with Crippen molar-refractivity contribution >= 4 is 0 Å².